The van der Waals surface area contributed by atoms with Crippen LogP contribution in [0, 0.1) is 50.5 Å². The van der Waals surface area contributed by atoms with E-state index in [9.17, 15) is 19.7 Å². The Morgan fingerprint density at radius 2 is 1.63 bits per heavy atom. The zero-order valence-electron chi connectivity index (χ0n) is 35.3. The number of hydrogen-bond acceptors (Lipinski definition) is 12. The Kier molecular flexibility index (Phi) is 15.7. The maximum atomic E-state index is 13.0. The lowest BCUT2D eigenvalue weighted by Gasteiger charge is -2.61. The van der Waals surface area contributed by atoms with Crippen molar-refractivity contribution in [1.82, 2.24) is 15.6 Å². The van der Waals surface area contributed by atoms with Gasteiger partial charge in [-0.1, -0.05) is 51.1 Å². The normalized spacial score (nSPS) is 28.3. The molecule has 7 unspecified atom stereocenters. The summed E-state index contributed by atoms with van der Waals surface area (Å²) >= 11 is 0. The molecule has 59 heavy (non-hydrogen) atoms. The fourth-order valence-corrected chi connectivity index (χ4v) is 11.5. The minimum Gasteiger partial charge on any atom is -0.463 e. The molecule has 4 aliphatic carbocycles. The van der Waals surface area contributed by atoms with Crippen LogP contribution in [0.3, 0.4) is 0 Å². The van der Waals surface area contributed by atoms with Gasteiger partial charge in [0.15, 0.2) is 5.52 Å². The van der Waals surface area contributed by atoms with Crippen LogP contribution >= 0.6 is 0 Å². The number of aryl methyl sites for hydroxylation is 1. The van der Waals surface area contributed by atoms with Crippen LogP contribution in [0.5, 0.6) is 0 Å². The summed E-state index contributed by atoms with van der Waals surface area (Å²) in [6.45, 7) is 9.94. The molecule has 4 saturated carbocycles. The Morgan fingerprint density at radius 3 is 2.37 bits per heavy atom. The molecule has 14 nitrogen and oxygen atoms in total. The number of non-ortho nitro benzene ring substituents is 1. The molecule has 8 atom stereocenters. The van der Waals surface area contributed by atoms with Crippen molar-refractivity contribution in [1.29, 1.82) is 0 Å². The standard InChI is InChI=1S/C37H56N6O8.C8H10/c1-36-15-13-29-27(28(36)9-7-24(36)4-3-5-33(45)50-21-20-49-19-18-48-17-16-38)8-6-25-22-26(12-14-37(25,29)2)40-32(44)23-39-30-10-11-31(43(46)47)35-34(30)41-51-42-35;1-2-8-6-4-3-5-7-8/h10-11,24-29,39H,3-9,12-23,38H2,1-2H3,(H,40,44);3-7H,2H2,1H3/t24?,25?,26-,27?,28?,29?,36?,37?;/m1./s1. The first-order valence-electron chi connectivity index (χ1n) is 22.0. The second-order valence-electron chi connectivity index (χ2n) is 17.7. The average Bonchev–Trinajstić information content (AvgIpc) is 3.86. The number of nitrogens with two attached hydrogens (primary N) is 1. The molecule has 14 heteroatoms. The number of amides is 1. The molecule has 2 aromatic carbocycles. The summed E-state index contributed by atoms with van der Waals surface area (Å²) in [7, 11) is 0. The van der Waals surface area contributed by atoms with E-state index in [1.54, 1.807) is 0 Å². The summed E-state index contributed by atoms with van der Waals surface area (Å²) in [5, 5.41) is 25.1. The summed E-state index contributed by atoms with van der Waals surface area (Å²) < 4.78 is 20.9. The van der Waals surface area contributed by atoms with Crippen LogP contribution in [0.25, 0.3) is 11.0 Å². The number of anilines is 1. The minimum atomic E-state index is -0.530. The van der Waals surface area contributed by atoms with Gasteiger partial charge in [-0.3, -0.25) is 19.7 Å². The predicted octanol–water partition coefficient (Wildman–Crippen LogP) is 7.64. The number of ether oxygens (including phenoxy) is 3. The SMILES string of the molecule is CC12CCC3C(CCC4C[C@H](NC(=O)CNc5ccc([N+](=O)[O-])c6nonc56)CCC43C)C1CCC2CCCC(=O)OCCOCCOCCN.CCc1ccccc1. The van der Waals surface area contributed by atoms with E-state index in [-0.39, 0.29) is 47.8 Å². The van der Waals surface area contributed by atoms with Crippen molar-refractivity contribution in [2.24, 2.45) is 46.2 Å². The van der Waals surface area contributed by atoms with Gasteiger partial charge in [0.05, 0.1) is 43.6 Å². The van der Waals surface area contributed by atoms with Crippen LogP contribution in [0.4, 0.5) is 11.4 Å². The van der Waals surface area contributed by atoms with Crippen LogP contribution in [0.2, 0.25) is 0 Å². The highest BCUT2D eigenvalue weighted by Gasteiger charge is 2.60. The van der Waals surface area contributed by atoms with Gasteiger partial charge in [-0.2, -0.15) is 0 Å². The van der Waals surface area contributed by atoms with Gasteiger partial charge >= 0.3 is 11.7 Å². The van der Waals surface area contributed by atoms with Gasteiger partial charge in [-0.15, -0.1) is 0 Å². The van der Waals surface area contributed by atoms with Crippen molar-refractivity contribution >= 4 is 34.3 Å². The molecule has 7 rings (SSSR count). The number of carbonyl (C=O) groups is 2. The van der Waals surface area contributed by atoms with Gasteiger partial charge < -0.3 is 30.6 Å². The lowest BCUT2D eigenvalue weighted by molar-refractivity contribution is -0.383. The largest absolute Gasteiger partial charge is 0.463 e. The number of benzene rings is 2. The molecular weight excluding hydrogens is 753 g/mol. The van der Waals surface area contributed by atoms with Gasteiger partial charge in [0.1, 0.15) is 6.61 Å². The highest BCUT2D eigenvalue weighted by Crippen LogP contribution is 2.68. The molecule has 0 radical (unpaired) electrons. The number of aromatic nitrogens is 2. The Hall–Kier alpha value is -4.14. The topological polar surface area (TPSA) is 194 Å². The van der Waals surface area contributed by atoms with E-state index < -0.39 is 4.92 Å². The molecule has 3 aromatic rings. The van der Waals surface area contributed by atoms with E-state index in [1.807, 2.05) is 6.07 Å². The highest BCUT2D eigenvalue weighted by molar-refractivity contribution is 5.94. The number of nitro benzene ring substituents is 1. The number of fused-ring (bicyclic) bond motifs is 6. The molecule has 1 heterocycles. The zero-order valence-corrected chi connectivity index (χ0v) is 35.3. The molecule has 324 valence electrons. The molecule has 4 N–H and O–H groups in total. The summed E-state index contributed by atoms with van der Waals surface area (Å²) in [5.74, 6) is 3.28. The summed E-state index contributed by atoms with van der Waals surface area (Å²) in [6.07, 6.45) is 14.3. The molecule has 4 fully saturated rings. The van der Waals surface area contributed by atoms with E-state index in [2.05, 4.69) is 66.0 Å². The first kappa shape index (κ1) is 44.4. The van der Waals surface area contributed by atoms with Crippen LogP contribution in [0.1, 0.15) is 103 Å². The van der Waals surface area contributed by atoms with Crippen molar-refractivity contribution in [2.75, 3.05) is 51.4 Å². The van der Waals surface area contributed by atoms with E-state index in [0.29, 0.717) is 67.7 Å². The molecule has 0 bridgehead atoms. The number of nitro groups is 1. The second-order valence-corrected chi connectivity index (χ2v) is 17.7. The first-order chi connectivity index (χ1) is 28.6. The Labute approximate surface area is 348 Å². The Balaban J connectivity index is 0.000000654. The highest BCUT2D eigenvalue weighted by atomic mass is 16.6. The van der Waals surface area contributed by atoms with E-state index in [4.69, 9.17) is 24.6 Å². The van der Waals surface area contributed by atoms with Crippen LogP contribution in [-0.2, 0) is 30.2 Å². The molecular formula is C45H66N6O8. The molecule has 0 aliphatic heterocycles. The number of hydrogen-bond donors (Lipinski definition) is 3. The van der Waals surface area contributed by atoms with Crippen LogP contribution < -0.4 is 16.4 Å². The third-order valence-corrected chi connectivity index (χ3v) is 14.6. The van der Waals surface area contributed by atoms with Crippen LogP contribution in [0.15, 0.2) is 47.1 Å². The average molecular weight is 819 g/mol. The molecule has 4 aliphatic rings. The van der Waals surface area contributed by atoms with Crippen LogP contribution in [-0.4, -0.2) is 79.3 Å². The third-order valence-electron chi connectivity index (χ3n) is 14.6. The van der Waals surface area contributed by atoms with Gasteiger partial charge in [0.2, 0.25) is 11.4 Å². The van der Waals surface area contributed by atoms with Gasteiger partial charge in [0.25, 0.3) is 0 Å². The lowest BCUT2D eigenvalue weighted by Crippen LogP contribution is -2.55. The molecule has 0 saturated heterocycles. The van der Waals surface area contributed by atoms with Gasteiger partial charge in [0, 0.05) is 25.1 Å². The van der Waals surface area contributed by atoms with E-state index >= 15 is 0 Å². The smallest absolute Gasteiger partial charge is 0.305 e. The van der Waals surface area contributed by atoms with Crippen molar-refractivity contribution < 1.29 is 33.4 Å². The molecule has 0 spiro atoms. The number of nitrogens with one attached hydrogen (secondary N) is 2. The second kappa shape index (κ2) is 20.9. The van der Waals surface area contributed by atoms with Gasteiger partial charge in [-0.05, 0) is 139 Å². The molecule has 1 aromatic heterocycles. The van der Waals surface area contributed by atoms with E-state index in [0.717, 1.165) is 56.3 Å². The lowest BCUT2D eigenvalue weighted by atomic mass is 9.44. The summed E-state index contributed by atoms with van der Waals surface area (Å²) in [5.41, 5.74) is 8.03. The summed E-state index contributed by atoms with van der Waals surface area (Å²) in [4.78, 5) is 36.2. The van der Waals surface area contributed by atoms with Crippen molar-refractivity contribution in [2.45, 2.75) is 110 Å². The number of rotatable bonds is 18. The third kappa shape index (κ3) is 10.8. The zero-order chi connectivity index (χ0) is 41.8. The molecule has 1 amide bonds. The van der Waals surface area contributed by atoms with E-state index in [1.165, 1.54) is 56.2 Å². The Bertz CT molecular complexity index is 1830. The predicted molar refractivity (Wildman–Crippen MR) is 225 cm³/mol. The maximum absolute atomic E-state index is 13.0. The quantitative estimate of drug-likeness (QED) is 0.0492. The first-order valence-corrected chi connectivity index (χ1v) is 22.0. The number of esters is 1. The van der Waals surface area contributed by atoms with Crippen molar-refractivity contribution in [3.63, 3.8) is 0 Å². The summed E-state index contributed by atoms with van der Waals surface area (Å²) in [6, 6.07) is 13.5. The van der Waals surface area contributed by atoms with Crippen molar-refractivity contribution in [3.8, 4) is 0 Å². The fourth-order valence-electron chi connectivity index (χ4n) is 11.5. The minimum absolute atomic E-state index is 0.0347. The fraction of sp³-hybridized carbons (Fsp3) is 0.689. The monoisotopic (exact) mass is 818 g/mol. The Morgan fingerprint density at radius 1 is 0.898 bits per heavy atom. The van der Waals surface area contributed by atoms with Crippen molar-refractivity contribution in [3.05, 3.63) is 58.1 Å². The number of carbonyl (C=O) groups excluding carboxylic acids is 2. The maximum Gasteiger partial charge on any atom is 0.305 e. The van der Waals surface area contributed by atoms with Gasteiger partial charge in [-0.25, -0.2) is 4.63 Å². The number of nitrogens with zero attached hydrogens (tertiary/aromatic N) is 3.